The first kappa shape index (κ1) is 18.6. The van der Waals surface area contributed by atoms with Gasteiger partial charge >= 0.3 is 6.80 Å². The van der Waals surface area contributed by atoms with Gasteiger partial charge in [0.15, 0.2) is 0 Å². The summed E-state index contributed by atoms with van der Waals surface area (Å²) in [5.41, 5.74) is 0.706. The Morgan fingerprint density at radius 2 is 1.75 bits per heavy atom. The fourth-order valence-corrected chi connectivity index (χ4v) is 4.29. The minimum Gasteiger partial charge on any atom is -0.508 e. The molecule has 0 aliphatic rings. The Bertz CT molecular complexity index is 774. The van der Waals surface area contributed by atoms with Gasteiger partial charge in [-0.3, -0.25) is 0 Å². The number of phenols is 3. The van der Waals surface area contributed by atoms with Gasteiger partial charge in [0.05, 0.1) is 6.10 Å². The van der Waals surface area contributed by atoms with Crippen molar-refractivity contribution in [2.24, 2.45) is 0 Å². The quantitative estimate of drug-likeness (QED) is 0.426. The third kappa shape index (κ3) is 5.15. The van der Waals surface area contributed by atoms with Crippen LogP contribution in [0.4, 0.5) is 0 Å². The average molecular weight is 372 g/mol. The van der Waals surface area contributed by atoms with Crippen molar-refractivity contribution in [3.63, 3.8) is 0 Å². The molecule has 0 aliphatic carbocycles. The Kier molecular flexibility index (Phi) is 5.79. The van der Waals surface area contributed by atoms with Crippen molar-refractivity contribution in [1.29, 1.82) is 0 Å². The topological polar surface area (TPSA) is 138 Å². The standard InChI is InChI=1S/C15H17O7PS/c16-10-3-1-2-9(6-10)4-5-12(18)15-13(19)7-11(17)8-14(15)24-23(20,21)22/h1-3,6-8,12,16-19H,4-5H2,(H2,20,21,22). The van der Waals surface area contributed by atoms with Crippen LogP contribution in [0.2, 0.25) is 0 Å². The molecule has 1 atom stereocenters. The number of aliphatic hydroxyl groups is 1. The molecule has 130 valence electrons. The zero-order valence-corrected chi connectivity index (χ0v) is 14.1. The summed E-state index contributed by atoms with van der Waals surface area (Å²) in [5, 5.41) is 39.2. The lowest BCUT2D eigenvalue weighted by Gasteiger charge is -2.17. The molecule has 2 rings (SSSR count). The van der Waals surface area contributed by atoms with Gasteiger partial charge in [-0.05, 0) is 48.0 Å². The summed E-state index contributed by atoms with van der Waals surface area (Å²) in [7, 11) is 0. The van der Waals surface area contributed by atoms with Crippen molar-refractivity contribution in [2.45, 2.75) is 23.8 Å². The third-order valence-corrected chi connectivity index (χ3v) is 5.35. The van der Waals surface area contributed by atoms with Gasteiger partial charge in [-0.1, -0.05) is 12.1 Å². The first-order chi connectivity index (χ1) is 11.2. The van der Waals surface area contributed by atoms with Gasteiger partial charge in [-0.25, -0.2) is 4.57 Å². The average Bonchev–Trinajstić information content (AvgIpc) is 2.42. The highest BCUT2D eigenvalue weighted by Gasteiger charge is 2.24. The monoisotopic (exact) mass is 372 g/mol. The van der Waals surface area contributed by atoms with Crippen molar-refractivity contribution >= 4 is 18.2 Å². The molecular weight excluding hydrogens is 355 g/mol. The smallest absolute Gasteiger partial charge is 0.388 e. The van der Waals surface area contributed by atoms with E-state index in [9.17, 15) is 25.0 Å². The summed E-state index contributed by atoms with van der Waals surface area (Å²) in [6, 6.07) is 8.54. The Labute approximate surface area is 142 Å². The van der Waals surface area contributed by atoms with Crippen LogP contribution in [-0.4, -0.2) is 30.2 Å². The van der Waals surface area contributed by atoms with Gasteiger partial charge in [0.25, 0.3) is 0 Å². The number of benzene rings is 2. The molecule has 2 aromatic rings. The van der Waals surface area contributed by atoms with E-state index in [1.165, 1.54) is 12.1 Å². The Morgan fingerprint density at radius 3 is 2.38 bits per heavy atom. The maximum atomic E-state index is 11.2. The SMILES string of the molecule is O=P(O)(O)Sc1cc(O)cc(O)c1C(O)CCc1cccc(O)c1. The number of aromatic hydroxyl groups is 3. The van der Waals surface area contributed by atoms with Crippen LogP contribution in [-0.2, 0) is 11.0 Å². The van der Waals surface area contributed by atoms with E-state index in [1.54, 1.807) is 12.1 Å². The maximum Gasteiger partial charge on any atom is 0.388 e. The van der Waals surface area contributed by atoms with Gasteiger partial charge in [0.1, 0.15) is 17.2 Å². The number of hydrogen-bond acceptors (Lipinski definition) is 6. The van der Waals surface area contributed by atoms with Gasteiger partial charge in [0, 0.05) is 16.5 Å². The Morgan fingerprint density at radius 1 is 1.04 bits per heavy atom. The molecule has 0 bridgehead atoms. The van der Waals surface area contributed by atoms with E-state index in [0.29, 0.717) is 6.42 Å². The van der Waals surface area contributed by atoms with Crippen LogP contribution < -0.4 is 0 Å². The molecule has 0 spiro atoms. The van der Waals surface area contributed by atoms with Crippen LogP contribution in [0.15, 0.2) is 41.3 Å². The van der Waals surface area contributed by atoms with E-state index < -0.39 is 18.7 Å². The molecule has 24 heavy (non-hydrogen) atoms. The van der Waals surface area contributed by atoms with Crippen molar-refractivity contribution in [2.75, 3.05) is 0 Å². The van der Waals surface area contributed by atoms with E-state index in [-0.39, 0.29) is 39.8 Å². The lowest BCUT2D eigenvalue weighted by atomic mass is 10.00. The summed E-state index contributed by atoms with van der Waals surface area (Å²) in [5.74, 6) is -0.728. The fraction of sp³-hybridized carbons (Fsp3) is 0.200. The van der Waals surface area contributed by atoms with Crippen molar-refractivity contribution in [3.8, 4) is 17.2 Å². The van der Waals surface area contributed by atoms with E-state index in [1.807, 2.05) is 0 Å². The maximum absolute atomic E-state index is 11.2. The van der Waals surface area contributed by atoms with Gasteiger partial charge in [-0.2, -0.15) is 0 Å². The predicted molar refractivity (Wildman–Crippen MR) is 89.1 cm³/mol. The minimum atomic E-state index is -4.53. The van der Waals surface area contributed by atoms with Gasteiger partial charge in [0.2, 0.25) is 0 Å². The molecule has 6 N–H and O–H groups in total. The second kappa shape index (κ2) is 7.46. The molecular formula is C15H17O7PS. The summed E-state index contributed by atoms with van der Waals surface area (Å²) in [6.07, 6.45) is -0.686. The highest BCUT2D eigenvalue weighted by Crippen LogP contribution is 2.57. The first-order valence-electron chi connectivity index (χ1n) is 6.92. The lowest BCUT2D eigenvalue weighted by molar-refractivity contribution is 0.161. The molecule has 0 heterocycles. The van der Waals surface area contributed by atoms with Crippen LogP contribution in [0.25, 0.3) is 0 Å². The van der Waals surface area contributed by atoms with Crippen LogP contribution in [0.1, 0.15) is 23.7 Å². The van der Waals surface area contributed by atoms with Crippen LogP contribution in [0.3, 0.4) is 0 Å². The molecule has 1 unspecified atom stereocenters. The summed E-state index contributed by atoms with van der Waals surface area (Å²) < 4.78 is 11.2. The highest BCUT2D eigenvalue weighted by molar-refractivity contribution is 8.54. The van der Waals surface area contributed by atoms with Crippen LogP contribution in [0, 0.1) is 0 Å². The fourth-order valence-electron chi connectivity index (χ4n) is 2.30. The number of phenolic OH excluding ortho intramolecular Hbond substituents is 3. The van der Waals surface area contributed by atoms with E-state index in [2.05, 4.69) is 0 Å². The molecule has 7 nitrogen and oxygen atoms in total. The van der Waals surface area contributed by atoms with Crippen LogP contribution in [0.5, 0.6) is 17.2 Å². The normalized spacial score (nSPS) is 13.0. The molecule has 2 aromatic carbocycles. The van der Waals surface area contributed by atoms with E-state index >= 15 is 0 Å². The molecule has 0 saturated heterocycles. The molecule has 0 amide bonds. The number of hydrogen-bond donors (Lipinski definition) is 6. The number of aliphatic hydroxyl groups excluding tert-OH is 1. The highest BCUT2D eigenvalue weighted by atomic mass is 32.7. The summed E-state index contributed by atoms with van der Waals surface area (Å²) in [6.45, 7) is -4.53. The van der Waals surface area contributed by atoms with Gasteiger partial charge < -0.3 is 30.2 Å². The lowest BCUT2D eigenvalue weighted by Crippen LogP contribution is -2.02. The Balaban J connectivity index is 2.24. The molecule has 0 radical (unpaired) electrons. The van der Waals surface area contributed by atoms with Crippen molar-refractivity contribution in [1.82, 2.24) is 0 Å². The molecule has 0 saturated carbocycles. The van der Waals surface area contributed by atoms with E-state index in [4.69, 9.17) is 9.79 Å². The summed E-state index contributed by atoms with van der Waals surface area (Å²) >= 11 is 0.155. The zero-order valence-electron chi connectivity index (χ0n) is 12.4. The predicted octanol–water partition coefficient (Wildman–Crippen LogP) is 2.65. The third-order valence-electron chi connectivity index (χ3n) is 3.27. The molecule has 0 aliphatic heterocycles. The van der Waals surface area contributed by atoms with Crippen molar-refractivity contribution in [3.05, 3.63) is 47.5 Å². The minimum absolute atomic E-state index is 0.0544. The second-order valence-electron chi connectivity index (χ2n) is 5.18. The van der Waals surface area contributed by atoms with Crippen LogP contribution >= 0.6 is 18.2 Å². The number of rotatable bonds is 6. The zero-order chi connectivity index (χ0) is 17.9. The molecule has 9 heteroatoms. The molecule has 0 aromatic heterocycles. The molecule has 0 fully saturated rings. The van der Waals surface area contributed by atoms with E-state index in [0.717, 1.165) is 17.7 Å². The summed E-state index contributed by atoms with van der Waals surface area (Å²) in [4.78, 5) is 18.1. The number of aryl methyl sites for hydroxylation is 1. The second-order valence-corrected chi connectivity index (χ2v) is 8.76. The largest absolute Gasteiger partial charge is 0.508 e. The Hall–Kier alpha value is -1.70. The first-order valence-corrected chi connectivity index (χ1v) is 9.96. The van der Waals surface area contributed by atoms with Gasteiger partial charge in [-0.15, -0.1) is 0 Å². The van der Waals surface area contributed by atoms with Crippen molar-refractivity contribution < 1.29 is 34.8 Å².